The number of aryl methyl sites for hydroxylation is 1. The molecule has 0 aromatic carbocycles. The second-order valence-corrected chi connectivity index (χ2v) is 4.17. The summed E-state index contributed by atoms with van der Waals surface area (Å²) in [5, 5.41) is 16.7. The first-order chi connectivity index (χ1) is 6.74. The number of nitrogens with one attached hydrogen (secondary N) is 1. The highest BCUT2D eigenvalue weighted by atomic mass is 16.3. The summed E-state index contributed by atoms with van der Waals surface area (Å²) in [7, 11) is 1.91. The molecule has 0 saturated heterocycles. The molecule has 0 spiro atoms. The van der Waals surface area contributed by atoms with Crippen molar-refractivity contribution in [2.24, 2.45) is 7.05 Å². The maximum absolute atomic E-state index is 9.24. The third kappa shape index (κ3) is 1.81. The van der Waals surface area contributed by atoms with Gasteiger partial charge in [0, 0.05) is 30.9 Å². The second kappa shape index (κ2) is 3.71. The molecule has 2 N–H and O–H groups in total. The number of aliphatic hydroxyl groups is 1. The first-order valence-corrected chi connectivity index (χ1v) is 5.07. The number of nitrogens with zero attached hydrogens (tertiary/aromatic N) is 2. The summed E-state index contributed by atoms with van der Waals surface area (Å²) in [6.07, 6.45) is 7.25. The Morgan fingerprint density at radius 1 is 1.64 bits per heavy atom. The fourth-order valence-corrected chi connectivity index (χ4v) is 1.85. The van der Waals surface area contributed by atoms with E-state index < -0.39 is 0 Å². The van der Waals surface area contributed by atoms with E-state index in [0.29, 0.717) is 0 Å². The molecule has 0 amide bonds. The molecular formula is C10H17N3O. The van der Waals surface area contributed by atoms with E-state index in [-0.39, 0.29) is 12.1 Å². The highest BCUT2D eigenvalue weighted by molar-refractivity contribution is 5.05. The van der Waals surface area contributed by atoms with Crippen LogP contribution in [0.3, 0.4) is 0 Å². The van der Waals surface area contributed by atoms with Crippen LogP contribution in [-0.2, 0) is 13.6 Å². The van der Waals surface area contributed by atoms with Crippen molar-refractivity contribution in [3.8, 4) is 0 Å². The van der Waals surface area contributed by atoms with E-state index >= 15 is 0 Å². The Morgan fingerprint density at radius 3 is 2.86 bits per heavy atom. The van der Waals surface area contributed by atoms with E-state index in [1.807, 2.05) is 19.4 Å². The predicted molar refractivity (Wildman–Crippen MR) is 53.7 cm³/mol. The molecule has 1 aromatic heterocycles. The summed E-state index contributed by atoms with van der Waals surface area (Å²) in [6.45, 7) is 1.04. The Hall–Kier alpha value is -0.870. The monoisotopic (exact) mass is 195 g/mol. The Balaban J connectivity index is 1.87. The molecule has 4 nitrogen and oxygen atoms in total. The van der Waals surface area contributed by atoms with Gasteiger partial charge in [-0.25, -0.2) is 0 Å². The van der Waals surface area contributed by atoms with Gasteiger partial charge in [0.25, 0.3) is 0 Å². The first-order valence-electron chi connectivity index (χ1n) is 5.07. The van der Waals surface area contributed by atoms with Gasteiger partial charge in [0.1, 0.15) is 0 Å². The van der Waals surface area contributed by atoms with Gasteiger partial charge >= 0.3 is 0 Å². The van der Waals surface area contributed by atoms with E-state index in [9.17, 15) is 5.11 Å². The van der Waals surface area contributed by atoms with Crippen LogP contribution in [0.15, 0.2) is 12.4 Å². The van der Waals surface area contributed by atoms with E-state index in [1.165, 1.54) is 12.0 Å². The summed E-state index contributed by atoms with van der Waals surface area (Å²) >= 11 is 0. The third-order valence-corrected chi connectivity index (χ3v) is 3.04. The summed E-state index contributed by atoms with van der Waals surface area (Å²) in [5.41, 5.74) is 1.17. The maximum Gasteiger partial charge on any atom is 0.0613 e. The molecule has 0 radical (unpaired) electrons. The van der Waals surface area contributed by atoms with Gasteiger partial charge in [0.15, 0.2) is 0 Å². The zero-order chi connectivity index (χ0) is 10.0. The fourth-order valence-electron chi connectivity index (χ4n) is 1.85. The molecule has 1 fully saturated rings. The Morgan fingerprint density at radius 2 is 2.43 bits per heavy atom. The normalized spacial score (nSPS) is 19.3. The van der Waals surface area contributed by atoms with Crippen molar-refractivity contribution in [1.82, 2.24) is 15.1 Å². The Labute approximate surface area is 83.9 Å². The first kappa shape index (κ1) is 9.68. The van der Waals surface area contributed by atoms with E-state index in [1.54, 1.807) is 4.68 Å². The predicted octanol–water partition coefficient (Wildman–Crippen LogP) is 0.425. The van der Waals surface area contributed by atoms with Crippen LogP contribution in [0, 0.1) is 0 Å². The maximum atomic E-state index is 9.24. The molecule has 78 valence electrons. The SMILES string of the molecule is Cn1cc(CNC2(CO)CCC2)cn1. The molecule has 14 heavy (non-hydrogen) atoms. The van der Waals surface area contributed by atoms with Gasteiger partial charge in [0.05, 0.1) is 12.8 Å². The van der Waals surface area contributed by atoms with E-state index in [2.05, 4.69) is 10.4 Å². The lowest BCUT2D eigenvalue weighted by Gasteiger charge is -2.41. The van der Waals surface area contributed by atoms with E-state index in [4.69, 9.17) is 0 Å². The number of hydrogen-bond acceptors (Lipinski definition) is 3. The van der Waals surface area contributed by atoms with Gasteiger partial charge < -0.3 is 10.4 Å². The zero-order valence-corrected chi connectivity index (χ0v) is 8.53. The molecular weight excluding hydrogens is 178 g/mol. The molecule has 0 unspecified atom stereocenters. The summed E-state index contributed by atoms with van der Waals surface area (Å²) in [6, 6.07) is 0. The van der Waals surface area contributed by atoms with Crippen LogP contribution in [-0.4, -0.2) is 27.0 Å². The van der Waals surface area contributed by atoms with Crippen molar-refractivity contribution in [2.45, 2.75) is 31.3 Å². The van der Waals surface area contributed by atoms with Crippen molar-refractivity contribution < 1.29 is 5.11 Å². The van der Waals surface area contributed by atoms with Crippen molar-refractivity contribution in [1.29, 1.82) is 0 Å². The molecule has 2 rings (SSSR count). The molecule has 0 atom stereocenters. The molecule has 4 heteroatoms. The van der Waals surface area contributed by atoms with Crippen LogP contribution in [0.5, 0.6) is 0 Å². The second-order valence-electron chi connectivity index (χ2n) is 4.17. The van der Waals surface area contributed by atoms with Crippen LogP contribution in [0.2, 0.25) is 0 Å². The highest BCUT2D eigenvalue weighted by Gasteiger charge is 2.35. The number of rotatable bonds is 4. The molecule has 0 aliphatic heterocycles. The standard InChI is InChI=1S/C10H17N3O/c1-13-7-9(6-12-13)5-11-10(8-14)3-2-4-10/h6-7,11,14H,2-5,8H2,1H3. The van der Waals surface area contributed by atoms with Crippen LogP contribution in [0.4, 0.5) is 0 Å². The summed E-state index contributed by atoms with van der Waals surface area (Å²) < 4.78 is 1.80. The minimum absolute atomic E-state index is 0.00413. The lowest BCUT2D eigenvalue weighted by Crippen LogP contribution is -2.53. The van der Waals surface area contributed by atoms with Gasteiger partial charge in [-0.1, -0.05) is 0 Å². The third-order valence-electron chi connectivity index (χ3n) is 3.04. The lowest BCUT2D eigenvalue weighted by molar-refractivity contribution is 0.0872. The van der Waals surface area contributed by atoms with Gasteiger partial charge in [-0.2, -0.15) is 5.10 Å². The van der Waals surface area contributed by atoms with E-state index in [0.717, 1.165) is 19.4 Å². The van der Waals surface area contributed by atoms with Crippen LogP contribution in [0.1, 0.15) is 24.8 Å². The quantitative estimate of drug-likeness (QED) is 0.732. The highest BCUT2D eigenvalue weighted by Crippen LogP contribution is 2.31. The van der Waals surface area contributed by atoms with Crippen molar-refractivity contribution in [2.75, 3.05) is 6.61 Å². The van der Waals surface area contributed by atoms with Gasteiger partial charge in [-0.05, 0) is 19.3 Å². The fraction of sp³-hybridized carbons (Fsp3) is 0.700. The smallest absolute Gasteiger partial charge is 0.0613 e. The molecule has 1 saturated carbocycles. The minimum atomic E-state index is -0.00413. The summed E-state index contributed by atoms with van der Waals surface area (Å²) in [4.78, 5) is 0. The zero-order valence-electron chi connectivity index (χ0n) is 8.53. The molecule has 1 aliphatic rings. The average molecular weight is 195 g/mol. The summed E-state index contributed by atoms with van der Waals surface area (Å²) in [5.74, 6) is 0. The number of hydrogen-bond donors (Lipinski definition) is 2. The molecule has 1 aliphatic carbocycles. The minimum Gasteiger partial charge on any atom is -0.394 e. The topological polar surface area (TPSA) is 50.1 Å². The Bertz CT molecular complexity index is 299. The largest absolute Gasteiger partial charge is 0.394 e. The Kier molecular flexibility index (Phi) is 2.56. The van der Waals surface area contributed by atoms with Crippen LogP contribution in [0.25, 0.3) is 0 Å². The van der Waals surface area contributed by atoms with Crippen molar-refractivity contribution >= 4 is 0 Å². The van der Waals surface area contributed by atoms with Gasteiger partial charge in [-0.3, -0.25) is 4.68 Å². The molecule has 0 bridgehead atoms. The van der Waals surface area contributed by atoms with Crippen LogP contribution >= 0.6 is 0 Å². The van der Waals surface area contributed by atoms with Crippen molar-refractivity contribution in [3.05, 3.63) is 18.0 Å². The average Bonchev–Trinajstić information content (AvgIpc) is 2.50. The molecule has 1 heterocycles. The lowest BCUT2D eigenvalue weighted by atomic mass is 9.77. The number of aliphatic hydroxyl groups excluding tert-OH is 1. The van der Waals surface area contributed by atoms with Crippen LogP contribution < -0.4 is 5.32 Å². The molecule has 1 aromatic rings. The number of aromatic nitrogens is 2. The van der Waals surface area contributed by atoms with Crippen molar-refractivity contribution in [3.63, 3.8) is 0 Å². The van der Waals surface area contributed by atoms with Gasteiger partial charge in [-0.15, -0.1) is 0 Å². The van der Waals surface area contributed by atoms with Gasteiger partial charge in [0.2, 0.25) is 0 Å².